The molecule has 0 saturated carbocycles. The summed E-state index contributed by atoms with van der Waals surface area (Å²) in [7, 11) is -4.28. The fourth-order valence-electron chi connectivity index (χ4n) is 2.77. The van der Waals surface area contributed by atoms with Crippen LogP contribution in [-0.4, -0.2) is 41.9 Å². The minimum absolute atomic E-state index is 0.0214. The lowest BCUT2D eigenvalue weighted by atomic mass is 10.3. The molecule has 3 rings (SSSR count). The third-order valence-corrected chi connectivity index (χ3v) is 5.78. The fourth-order valence-corrected chi connectivity index (χ4v) is 4.36. The van der Waals surface area contributed by atoms with Crippen LogP contribution in [0.5, 0.6) is 6.01 Å². The van der Waals surface area contributed by atoms with Crippen molar-refractivity contribution in [3.05, 3.63) is 47.3 Å². The van der Waals surface area contributed by atoms with Crippen LogP contribution >= 0.6 is 0 Å². The summed E-state index contributed by atoms with van der Waals surface area (Å²) in [5.41, 5.74) is 1.47. The molecule has 2 heterocycles. The summed E-state index contributed by atoms with van der Waals surface area (Å²) >= 11 is 0. The standard InChI is InChI=1S/C16H17F2N3O3S/c1-10-8-11(2)20-16(19-10)24-12-6-7-21(9-12)25(22,23)15-13(17)4-3-5-14(15)18/h3-5,8,12H,6-7,9H2,1-2H3. The highest BCUT2D eigenvalue weighted by Crippen LogP contribution is 2.26. The van der Waals surface area contributed by atoms with Gasteiger partial charge in [0, 0.05) is 17.9 Å². The molecular formula is C16H17F2N3O3S. The lowest BCUT2D eigenvalue weighted by Gasteiger charge is -2.17. The molecular weight excluding hydrogens is 352 g/mol. The average molecular weight is 369 g/mol. The van der Waals surface area contributed by atoms with E-state index >= 15 is 0 Å². The molecule has 1 aromatic carbocycles. The molecule has 6 nitrogen and oxygen atoms in total. The summed E-state index contributed by atoms with van der Waals surface area (Å²) in [5, 5.41) is 0. The van der Waals surface area contributed by atoms with E-state index in [-0.39, 0.29) is 19.1 Å². The van der Waals surface area contributed by atoms with E-state index in [9.17, 15) is 17.2 Å². The van der Waals surface area contributed by atoms with Gasteiger partial charge in [0.2, 0.25) is 10.0 Å². The molecule has 0 radical (unpaired) electrons. The van der Waals surface area contributed by atoms with E-state index in [1.807, 2.05) is 0 Å². The van der Waals surface area contributed by atoms with Crippen molar-refractivity contribution < 1.29 is 21.9 Å². The minimum Gasteiger partial charge on any atom is -0.459 e. The van der Waals surface area contributed by atoms with Gasteiger partial charge < -0.3 is 4.74 Å². The Labute approximate surface area is 144 Å². The number of hydrogen-bond acceptors (Lipinski definition) is 5. The highest BCUT2D eigenvalue weighted by molar-refractivity contribution is 7.89. The quantitative estimate of drug-likeness (QED) is 0.826. The van der Waals surface area contributed by atoms with Crippen LogP contribution in [0.2, 0.25) is 0 Å². The van der Waals surface area contributed by atoms with Crippen LogP contribution in [0.4, 0.5) is 8.78 Å². The molecule has 9 heteroatoms. The highest BCUT2D eigenvalue weighted by atomic mass is 32.2. The van der Waals surface area contributed by atoms with Crippen molar-refractivity contribution in [2.45, 2.75) is 31.3 Å². The third-order valence-electron chi connectivity index (χ3n) is 3.86. The number of aryl methyl sites for hydroxylation is 2. The number of halogens is 2. The van der Waals surface area contributed by atoms with Crippen LogP contribution in [0.15, 0.2) is 29.2 Å². The van der Waals surface area contributed by atoms with Crippen LogP contribution < -0.4 is 4.74 Å². The van der Waals surface area contributed by atoms with Gasteiger partial charge in [0.05, 0.1) is 6.54 Å². The Kier molecular flexibility index (Phi) is 4.70. The van der Waals surface area contributed by atoms with Crippen LogP contribution in [0, 0.1) is 25.5 Å². The Bertz CT molecular complexity index is 865. The molecule has 0 N–H and O–H groups in total. The number of aromatic nitrogens is 2. The number of rotatable bonds is 4. The summed E-state index contributed by atoms with van der Waals surface area (Å²) in [5.74, 6) is -2.22. The predicted octanol–water partition coefficient (Wildman–Crippen LogP) is 2.21. The molecule has 0 spiro atoms. The summed E-state index contributed by atoms with van der Waals surface area (Å²) < 4.78 is 59.4. The second-order valence-electron chi connectivity index (χ2n) is 5.88. The van der Waals surface area contributed by atoms with Crippen molar-refractivity contribution in [1.82, 2.24) is 14.3 Å². The Morgan fingerprint density at radius 2 is 1.76 bits per heavy atom. The molecule has 0 bridgehead atoms. The second-order valence-corrected chi connectivity index (χ2v) is 7.75. The molecule has 2 aromatic rings. The zero-order valence-corrected chi connectivity index (χ0v) is 14.6. The topological polar surface area (TPSA) is 72.4 Å². The fraction of sp³-hybridized carbons (Fsp3) is 0.375. The van der Waals surface area contributed by atoms with Gasteiger partial charge in [-0.2, -0.15) is 4.31 Å². The van der Waals surface area contributed by atoms with Gasteiger partial charge in [0.25, 0.3) is 0 Å². The molecule has 1 aromatic heterocycles. The Hall–Kier alpha value is -2.13. The van der Waals surface area contributed by atoms with Gasteiger partial charge >= 0.3 is 6.01 Å². The highest BCUT2D eigenvalue weighted by Gasteiger charge is 2.37. The SMILES string of the molecule is Cc1cc(C)nc(OC2CCN(S(=O)(=O)c3c(F)cccc3F)C2)n1. The van der Waals surface area contributed by atoms with E-state index in [0.29, 0.717) is 6.42 Å². The maximum atomic E-state index is 13.8. The third kappa shape index (κ3) is 3.62. The monoisotopic (exact) mass is 369 g/mol. The molecule has 0 amide bonds. The van der Waals surface area contributed by atoms with Crippen LogP contribution in [0.1, 0.15) is 17.8 Å². The summed E-state index contributed by atoms with van der Waals surface area (Å²) in [4.78, 5) is 7.37. The summed E-state index contributed by atoms with van der Waals surface area (Å²) in [6.45, 7) is 3.68. The zero-order valence-electron chi connectivity index (χ0n) is 13.7. The number of sulfonamides is 1. The first-order valence-corrected chi connectivity index (χ1v) is 9.14. The van der Waals surface area contributed by atoms with Gasteiger partial charge in [-0.1, -0.05) is 6.07 Å². The first-order chi connectivity index (χ1) is 11.8. The van der Waals surface area contributed by atoms with Crippen LogP contribution in [-0.2, 0) is 10.0 Å². The maximum Gasteiger partial charge on any atom is 0.317 e. The van der Waals surface area contributed by atoms with E-state index in [4.69, 9.17) is 4.74 Å². The molecule has 1 unspecified atom stereocenters. The largest absolute Gasteiger partial charge is 0.459 e. The van der Waals surface area contributed by atoms with Gasteiger partial charge in [-0.3, -0.25) is 0 Å². The molecule has 1 atom stereocenters. The normalized spacial score (nSPS) is 18.5. The van der Waals surface area contributed by atoms with E-state index in [0.717, 1.165) is 33.9 Å². The van der Waals surface area contributed by atoms with Crippen molar-refractivity contribution >= 4 is 10.0 Å². The van der Waals surface area contributed by atoms with E-state index in [1.54, 1.807) is 19.9 Å². The minimum atomic E-state index is -4.28. The van der Waals surface area contributed by atoms with Crippen molar-refractivity contribution in [1.29, 1.82) is 0 Å². The average Bonchev–Trinajstić information content (AvgIpc) is 2.95. The smallest absolute Gasteiger partial charge is 0.317 e. The first-order valence-electron chi connectivity index (χ1n) is 7.70. The Balaban J connectivity index is 1.78. The zero-order chi connectivity index (χ0) is 18.2. The molecule has 1 fully saturated rings. The van der Waals surface area contributed by atoms with E-state index in [1.165, 1.54) is 0 Å². The van der Waals surface area contributed by atoms with Gasteiger partial charge in [0.15, 0.2) is 4.90 Å². The lowest BCUT2D eigenvalue weighted by Crippen LogP contribution is -2.32. The number of ether oxygens (including phenoxy) is 1. The second kappa shape index (κ2) is 6.64. The molecule has 1 aliphatic rings. The van der Waals surface area contributed by atoms with Crippen molar-refractivity contribution in [3.63, 3.8) is 0 Å². The maximum absolute atomic E-state index is 13.8. The van der Waals surface area contributed by atoms with Gasteiger partial charge in [-0.25, -0.2) is 27.2 Å². The van der Waals surface area contributed by atoms with Crippen molar-refractivity contribution in [2.24, 2.45) is 0 Å². The molecule has 1 saturated heterocycles. The Morgan fingerprint density at radius 3 is 2.36 bits per heavy atom. The van der Waals surface area contributed by atoms with Gasteiger partial charge in [-0.05, 0) is 38.5 Å². The van der Waals surface area contributed by atoms with E-state index in [2.05, 4.69) is 9.97 Å². The van der Waals surface area contributed by atoms with Crippen LogP contribution in [0.25, 0.3) is 0 Å². The molecule has 1 aliphatic heterocycles. The van der Waals surface area contributed by atoms with Crippen molar-refractivity contribution in [2.75, 3.05) is 13.1 Å². The summed E-state index contributed by atoms with van der Waals surface area (Å²) in [6, 6.07) is 4.92. The van der Waals surface area contributed by atoms with E-state index < -0.39 is 32.7 Å². The van der Waals surface area contributed by atoms with Gasteiger partial charge in [-0.15, -0.1) is 0 Å². The number of hydrogen-bond donors (Lipinski definition) is 0. The lowest BCUT2D eigenvalue weighted by molar-refractivity contribution is 0.197. The predicted molar refractivity (Wildman–Crippen MR) is 85.7 cm³/mol. The number of nitrogens with zero attached hydrogens (tertiary/aromatic N) is 3. The van der Waals surface area contributed by atoms with Crippen molar-refractivity contribution in [3.8, 4) is 6.01 Å². The molecule has 134 valence electrons. The van der Waals surface area contributed by atoms with Crippen LogP contribution in [0.3, 0.4) is 0 Å². The Morgan fingerprint density at radius 1 is 1.16 bits per heavy atom. The number of benzene rings is 1. The first kappa shape index (κ1) is 17.7. The molecule has 25 heavy (non-hydrogen) atoms. The molecule has 0 aliphatic carbocycles. The summed E-state index contributed by atoms with van der Waals surface area (Å²) in [6.07, 6.45) is -0.100. The van der Waals surface area contributed by atoms with Gasteiger partial charge in [0.1, 0.15) is 17.7 Å².